The zero-order valence-electron chi connectivity index (χ0n) is 5.39. The molecular formula is C7H10FN. The molecule has 0 fully saturated rings. The highest BCUT2D eigenvalue weighted by Crippen LogP contribution is 2.10. The number of allylic oxidation sites excluding steroid dienone is 2. The quantitative estimate of drug-likeness (QED) is 0.561. The van der Waals surface area contributed by atoms with Gasteiger partial charge < -0.3 is 5.32 Å². The first kappa shape index (κ1) is 6.49. The Morgan fingerprint density at radius 3 is 3.00 bits per heavy atom. The van der Waals surface area contributed by atoms with Crippen LogP contribution < -0.4 is 5.32 Å². The van der Waals surface area contributed by atoms with Crippen LogP contribution in [0.25, 0.3) is 0 Å². The summed E-state index contributed by atoms with van der Waals surface area (Å²) in [6, 6.07) is 0.324. The Balaban J connectivity index is 2.48. The monoisotopic (exact) mass is 127 g/mol. The van der Waals surface area contributed by atoms with E-state index in [9.17, 15) is 4.39 Å². The van der Waals surface area contributed by atoms with Crippen LogP contribution in [-0.2, 0) is 0 Å². The number of likely N-dealkylation sites (N-methyl/N-ethyl adjacent to an activating group) is 1. The summed E-state index contributed by atoms with van der Waals surface area (Å²) in [5.74, 6) is -0.124. The lowest BCUT2D eigenvalue weighted by Crippen LogP contribution is -2.22. The van der Waals surface area contributed by atoms with Crippen LogP contribution in [0.3, 0.4) is 0 Å². The van der Waals surface area contributed by atoms with Crippen molar-refractivity contribution < 1.29 is 4.39 Å². The third kappa shape index (κ3) is 1.64. The lowest BCUT2D eigenvalue weighted by atomic mass is 10.1. The highest BCUT2D eigenvalue weighted by atomic mass is 19.1. The Hall–Kier alpha value is -0.630. The van der Waals surface area contributed by atoms with Gasteiger partial charge in [-0.25, -0.2) is 4.39 Å². The predicted molar refractivity (Wildman–Crippen MR) is 35.8 cm³/mol. The molecule has 0 saturated carbocycles. The maximum absolute atomic E-state index is 12.2. The maximum atomic E-state index is 12.2. The summed E-state index contributed by atoms with van der Waals surface area (Å²) in [6.07, 6.45) is 5.67. The molecule has 1 nitrogen and oxygen atoms in total. The lowest BCUT2D eigenvalue weighted by Gasteiger charge is -2.10. The zero-order valence-corrected chi connectivity index (χ0v) is 5.39. The third-order valence-electron chi connectivity index (χ3n) is 1.43. The number of nitrogens with one attached hydrogen (secondary N) is 1. The second kappa shape index (κ2) is 2.78. The van der Waals surface area contributed by atoms with Gasteiger partial charge in [0.25, 0.3) is 0 Å². The molecule has 1 rings (SSSR count). The fraction of sp³-hybridized carbons (Fsp3) is 0.429. The topological polar surface area (TPSA) is 12.0 Å². The van der Waals surface area contributed by atoms with Gasteiger partial charge in [0.2, 0.25) is 0 Å². The van der Waals surface area contributed by atoms with Gasteiger partial charge in [0.05, 0.1) is 0 Å². The largest absolute Gasteiger partial charge is 0.313 e. The summed E-state index contributed by atoms with van der Waals surface area (Å²) in [7, 11) is 1.87. The fourth-order valence-corrected chi connectivity index (χ4v) is 0.808. The van der Waals surface area contributed by atoms with Crippen molar-refractivity contribution in [3.8, 4) is 0 Å². The second-order valence-corrected chi connectivity index (χ2v) is 2.08. The molecule has 0 amide bonds. The Bertz CT molecular complexity index is 149. The maximum Gasteiger partial charge on any atom is 0.119 e. The molecule has 1 N–H and O–H groups in total. The third-order valence-corrected chi connectivity index (χ3v) is 1.43. The van der Waals surface area contributed by atoms with Crippen molar-refractivity contribution in [3.05, 3.63) is 24.1 Å². The first-order chi connectivity index (χ1) is 4.33. The van der Waals surface area contributed by atoms with Crippen LogP contribution in [0.1, 0.15) is 6.42 Å². The number of halogens is 1. The molecule has 50 valence electrons. The van der Waals surface area contributed by atoms with E-state index in [1.807, 2.05) is 13.1 Å². The summed E-state index contributed by atoms with van der Waals surface area (Å²) in [6.45, 7) is 0. The van der Waals surface area contributed by atoms with Crippen LogP contribution in [0.5, 0.6) is 0 Å². The van der Waals surface area contributed by atoms with E-state index < -0.39 is 0 Å². The Morgan fingerprint density at radius 2 is 2.56 bits per heavy atom. The second-order valence-electron chi connectivity index (χ2n) is 2.08. The van der Waals surface area contributed by atoms with Crippen LogP contribution in [-0.4, -0.2) is 13.1 Å². The minimum absolute atomic E-state index is 0.124. The van der Waals surface area contributed by atoms with Gasteiger partial charge in [0.1, 0.15) is 5.83 Å². The molecule has 1 unspecified atom stereocenters. The van der Waals surface area contributed by atoms with E-state index in [-0.39, 0.29) is 5.83 Å². The molecule has 1 aliphatic rings. The highest BCUT2D eigenvalue weighted by molar-refractivity contribution is 5.19. The van der Waals surface area contributed by atoms with Crippen molar-refractivity contribution in [1.29, 1.82) is 0 Å². The number of hydrogen-bond donors (Lipinski definition) is 1. The Labute approximate surface area is 54.3 Å². The Morgan fingerprint density at radius 1 is 1.78 bits per heavy atom. The van der Waals surface area contributed by atoms with Crippen LogP contribution in [0.4, 0.5) is 4.39 Å². The summed E-state index contributed by atoms with van der Waals surface area (Å²) in [5.41, 5.74) is 0. The first-order valence-corrected chi connectivity index (χ1v) is 3.04. The van der Waals surface area contributed by atoms with Crippen LogP contribution >= 0.6 is 0 Å². The molecule has 2 heteroatoms. The molecule has 0 saturated heterocycles. The smallest absolute Gasteiger partial charge is 0.119 e. The summed E-state index contributed by atoms with van der Waals surface area (Å²) >= 11 is 0. The van der Waals surface area contributed by atoms with E-state index in [2.05, 4.69) is 5.32 Å². The fourth-order valence-electron chi connectivity index (χ4n) is 0.808. The van der Waals surface area contributed by atoms with E-state index in [1.165, 1.54) is 6.08 Å². The summed E-state index contributed by atoms with van der Waals surface area (Å²) < 4.78 is 12.2. The van der Waals surface area contributed by atoms with Crippen molar-refractivity contribution in [3.63, 3.8) is 0 Å². The molecule has 0 spiro atoms. The highest BCUT2D eigenvalue weighted by Gasteiger charge is 2.03. The standard InChI is InChI=1S/C7H10FN/c1-9-7-4-2-6(8)3-5-7/h2-4,7,9H,5H2,1H3. The average Bonchev–Trinajstić information content (AvgIpc) is 1.90. The van der Waals surface area contributed by atoms with Gasteiger partial charge in [-0.3, -0.25) is 0 Å². The van der Waals surface area contributed by atoms with Gasteiger partial charge in [-0.1, -0.05) is 6.08 Å². The molecule has 0 heterocycles. The number of rotatable bonds is 1. The molecule has 0 radical (unpaired) electrons. The van der Waals surface area contributed by atoms with E-state index >= 15 is 0 Å². The summed E-state index contributed by atoms with van der Waals surface area (Å²) in [4.78, 5) is 0. The minimum Gasteiger partial charge on any atom is -0.313 e. The zero-order chi connectivity index (χ0) is 6.69. The molecule has 1 atom stereocenters. The molecule has 1 aliphatic carbocycles. The molecule has 0 aliphatic heterocycles. The van der Waals surface area contributed by atoms with Gasteiger partial charge >= 0.3 is 0 Å². The minimum atomic E-state index is -0.124. The lowest BCUT2D eigenvalue weighted by molar-refractivity contribution is 0.612. The van der Waals surface area contributed by atoms with Crippen molar-refractivity contribution in [2.75, 3.05) is 7.05 Å². The van der Waals surface area contributed by atoms with E-state index in [0.717, 1.165) is 6.42 Å². The van der Waals surface area contributed by atoms with Crippen LogP contribution in [0.2, 0.25) is 0 Å². The molecule has 9 heavy (non-hydrogen) atoms. The van der Waals surface area contributed by atoms with Crippen molar-refractivity contribution in [2.45, 2.75) is 12.5 Å². The first-order valence-electron chi connectivity index (χ1n) is 3.04. The van der Waals surface area contributed by atoms with E-state index in [1.54, 1.807) is 6.08 Å². The predicted octanol–water partition coefficient (Wildman–Crippen LogP) is 1.39. The van der Waals surface area contributed by atoms with Crippen molar-refractivity contribution in [2.24, 2.45) is 0 Å². The van der Waals surface area contributed by atoms with Crippen LogP contribution in [0.15, 0.2) is 24.1 Å². The SMILES string of the molecule is CNC1C=CC(F)=CC1. The van der Waals surface area contributed by atoms with Gasteiger partial charge in [-0.2, -0.15) is 0 Å². The summed E-state index contributed by atoms with van der Waals surface area (Å²) in [5, 5.41) is 3.03. The molecule has 0 aromatic heterocycles. The van der Waals surface area contributed by atoms with Gasteiger partial charge in [0, 0.05) is 6.04 Å². The molecule has 0 aromatic rings. The average molecular weight is 127 g/mol. The Kier molecular flexibility index (Phi) is 2.01. The van der Waals surface area contributed by atoms with Crippen molar-refractivity contribution in [1.82, 2.24) is 5.32 Å². The molecule has 0 aromatic carbocycles. The normalized spacial score (nSPS) is 26.0. The van der Waals surface area contributed by atoms with Gasteiger partial charge in [0.15, 0.2) is 0 Å². The molecule has 0 bridgehead atoms. The number of hydrogen-bond acceptors (Lipinski definition) is 1. The van der Waals surface area contributed by atoms with Crippen LogP contribution in [0, 0.1) is 0 Å². The van der Waals surface area contributed by atoms with E-state index in [0.29, 0.717) is 6.04 Å². The molecular weight excluding hydrogens is 117 g/mol. The van der Waals surface area contributed by atoms with Gasteiger partial charge in [-0.05, 0) is 25.6 Å². The van der Waals surface area contributed by atoms with Crippen molar-refractivity contribution >= 4 is 0 Å². The van der Waals surface area contributed by atoms with E-state index in [4.69, 9.17) is 0 Å². The van der Waals surface area contributed by atoms with Gasteiger partial charge in [-0.15, -0.1) is 0 Å².